The van der Waals surface area contributed by atoms with E-state index in [1.165, 1.54) is 0 Å². The van der Waals surface area contributed by atoms with Crippen LogP contribution < -0.4 is 14.8 Å². The predicted molar refractivity (Wildman–Crippen MR) is 78.5 cm³/mol. The number of para-hydroxylation sites is 2. The second-order valence-corrected chi connectivity index (χ2v) is 5.25. The van der Waals surface area contributed by atoms with Gasteiger partial charge in [-0.05, 0) is 25.5 Å². The van der Waals surface area contributed by atoms with E-state index < -0.39 is 0 Å². The largest absolute Gasteiger partial charge is 0.486 e. The Kier molecular flexibility index (Phi) is 4.35. The van der Waals surface area contributed by atoms with Crippen molar-refractivity contribution >= 4 is 0 Å². The van der Waals surface area contributed by atoms with Crippen molar-refractivity contribution in [2.75, 3.05) is 13.2 Å². The molecule has 0 radical (unpaired) electrons. The second-order valence-electron chi connectivity index (χ2n) is 5.25. The molecule has 2 aromatic rings. The van der Waals surface area contributed by atoms with E-state index in [9.17, 15) is 0 Å². The van der Waals surface area contributed by atoms with Crippen molar-refractivity contribution in [1.82, 2.24) is 20.1 Å². The molecule has 1 aliphatic heterocycles. The molecule has 2 unspecified atom stereocenters. The van der Waals surface area contributed by atoms with Crippen LogP contribution in [0.15, 0.2) is 36.9 Å². The number of rotatable bonds is 6. The minimum absolute atomic E-state index is 0.0497. The van der Waals surface area contributed by atoms with Crippen LogP contribution in [0.2, 0.25) is 0 Å². The summed E-state index contributed by atoms with van der Waals surface area (Å²) >= 11 is 0. The van der Waals surface area contributed by atoms with E-state index in [1.807, 2.05) is 28.9 Å². The normalized spacial score (nSPS) is 18.4. The van der Waals surface area contributed by atoms with E-state index in [4.69, 9.17) is 9.47 Å². The fraction of sp³-hybridized carbons (Fsp3) is 0.467. The third-order valence-corrected chi connectivity index (χ3v) is 3.52. The molecule has 1 aromatic carbocycles. The van der Waals surface area contributed by atoms with E-state index >= 15 is 0 Å². The van der Waals surface area contributed by atoms with Crippen molar-refractivity contribution in [3.63, 3.8) is 0 Å². The van der Waals surface area contributed by atoms with Gasteiger partial charge in [0.1, 0.15) is 25.4 Å². The maximum atomic E-state index is 5.92. The Morgan fingerprint density at radius 3 is 3.05 bits per heavy atom. The van der Waals surface area contributed by atoms with E-state index in [0.29, 0.717) is 12.6 Å². The Morgan fingerprint density at radius 1 is 1.38 bits per heavy atom. The topological polar surface area (TPSA) is 61.2 Å². The van der Waals surface area contributed by atoms with Gasteiger partial charge in [0.25, 0.3) is 0 Å². The molecule has 2 atom stereocenters. The van der Waals surface area contributed by atoms with Gasteiger partial charge in [-0.2, -0.15) is 5.10 Å². The minimum atomic E-state index is 0.0497. The number of fused-ring (bicyclic) bond motifs is 1. The van der Waals surface area contributed by atoms with Crippen LogP contribution in [0.5, 0.6) is 11.5 Å². The van der Waals surface area contributed by atoms with Gasteiger partial charge >= 0.3 is 0 Å². The van der Waals surface area contributed by atoms with Crippen LogP contribution in [0.3, 0.4) is 0 Å². The Hall–Kier alpha value is -2.08. The summed E-state index contributed by atoms with van der Waals surface area (Å²) in [4.78, 5) is 3.94. The second kappa shape index (κ2) is 6.58. The highest BCUT2D eigenvalue weighted by molar-refractivity contribution is 5.40. The first-order chi connectivity index (χ1) is 10.3. The zero-order valence-corrected chi connectivity index (χ0v) is 12.1. The molecule has 0 aliphatic carbocycles. The molecule has 1 aliphatic rings. The average Bonchev–Trinajstić information content (AvgIpc) is 3.04. The summed E-state index contributed by atoms with van der Waals surface area (Å²) in [5.41, 5.74) is 0. The molecule has 0 saturated carbocycles. The minimum Gasteiger partial charge on any atom is -0.486 e. The molecule has 0 saturated heterocycles. The number of aromatic nitrogens is 3. The molecule has 0 spiro atoms. The number of benzene rings is 1. The van der Waals surface area contributed by atoms with E-state index in [2.05, 4.69) is 22.3 Å². The fourth-order valence-corrected chi connectivity index (χ4v) is 2.27. The van der Waals surface area contributed by atoms with Gasteiger partial charge in [-0.3, -0.25) is 4.68 Å². The van der Waals surface area contributed by atoms with Crippen molar-refractivity contribution in [3.05, 3.63) is 36.9 Å². The lowest BCUT2D eigenvalue weighted by Gasteiger charge is -2.27. The molecule has 1 N–H and O–H groups in total. The number of hydrogen-bond donors (Lipinski definition) is 1. The number of nitrogens with zero attached hydrogens (tertiary/aromatic N) is 3. The Labute approximate surface area is 124 Å². The molecular formula is C15H20N4O2. The van der Waals surface area contributed by atoms with Gasteiger partial charge in [0.05, 0.1) is 0 Å². The van der Waals surface area contributed by atoms with Crippen molar-refractivity contribution in [1.29, 1.82) is 0 Å². The third-order valence-electron chi connectivity index (χ3n) is 3.52. The molecular weight excluding hydrogens is 268 g/mol. The summed E-state index contributed by atoms with van der Waals surface area (Å²) in [6.07, 6.45) is 4.34. The van der Waals surface area contributed by atoms with Crippen LogP contribution in [0, 0.1) is 0 Å². The van der Waals surface area contributed by atoms with Crippen molar-refractivity contribution < 1.29 is 9.47 Å². The van der Waals surface area contributed by atoms with Crippen LogP contribution in [0.25, 0.3) is 0 Å². The van der Waals surface area contributed by atoms with E-state index in [-0.39, 0.29) is 6.10 Å². The molecule has 2 heterocycles. The van der Waals surface area contributed by atoms with Crippen LogP contribution in [0.1, 0.15) is 13.3 Å². The smallest absolute Gasteiger partial charge is 0.161 e. The lowest BCUT2D eigenvalue weighted by atomic mass is 10.2. The van der Waals surface area contributed by atoms with Gasteiger partial charge in [-0.25, -0.2) is 4.98 Å². The van der Waals surface area contributed by atoms with Crippen molar-refractivity contribution in [2.24, 2.45) is 0 Å². The maximum Gasteiger partial charge on any atom is 0.161 e. The highest BCUT2D eigenvalue weighted by Crippen LogP contribution is 2.30. The number of ether oxygens (including phenoxy) is 2. The monoisotopic (exact) mass is 288 g/mol. The highest BCUT2D eigenvalue weighted by Gasteiger charge is 2.20. The average molecular weight is 288 g/mol. The first-order valence-corrected chi connectivity index (χ1v) is 7.25. The lowest BCUT2D eigenvalue weighted by molar-refractivity contribution is 0.0882. The molecule has 0 bridgehead atoms. The molecule has 1 aromatic heterocycles. The molecule has 6 nitrogen and oxygen atoms in total. The van der Waals surface area contributed by atoms with Gasteiger partial charge in [-0.1, -0.05) is 12.1 Å². The molecule has 6 heteroatoms. The Morgan fingerprint density at radius 2 is 2.24 bits per heavy atom. The molecule has 0 fully saturated rings. The van der Waals surface area contributed by atoms with Crippen LogP contribution in [0.4, 0.5) is 0 Å². The predicted octanol–water partition coefficient (Wildman–Crippen LogP) is 1.49. The highest BCUT2D eigenvalue weighted by atomic mass is 16.6. The molecule has 0 amide bonds. The SMILES string of the molecule is CC(CCn1cncn1)NCC1COc2ccccc2O1. The summed E-state index contributed by atoms with van der Waals surface area (Å²) in [5.74, 6) is 1.65. The number of nitrogens with one attached hydrogen (secondary N) is 1. The van der Waals surface area contributed by atoms with E-state index in [0.717, 1.165) is 31.0 Å². The zero-order valence-electron chi connectivity index (χ0n) is 12.1. The van der Waals surface area contributed by atoms with Crippen molar-refractivity contribution in [3.8, 4) is 11.5 Å². The Balaban J connectivity index is 1.41. The fourth-order valence-electron chi connectivity index (χ4n) is 2.27. The van der Waals surface area contributed by atoms with Crippen LogP contribution in [-0.2, 0) is 6.54 Å². The standard InChI is InChI=1S/C15H20N4O2/c1-12(6-7-19-11-16-10-18-19)17-8-13-9-20-14-4-2-3-5-15(14)21-13/h2-5,10-13,17H,6-9H2,1H3. The molecule has 112 valence electrons. The van der Waals surface area contributed by atoms with Gasteiger partial charge in [0.15, 0.2) is 11.5 Å². The third kappa shape index (κ3) is 3.72. The number of hydrogen-bond acceptors (Lipinski definition) is 5. The summed E-state index contributed by atoms with van der Waals surface area (Å²) < 4.78 is 13.5. The van der Waals surface area contributed by atoms with E-state index in [1.54, 1.807) is 12.7 Å². The molecule has 21 heavy (non-hydrogen) atoms. The van der Waals surface area contributed by atoms with Crippen molar-refractivity contribution in [2.45, 2.75) is 32.0 Å². The first-order valence-electron chi connectivity index (χ1n) is 7.25. The lowest BCUT2D eigenvalue weighted by Crippen LogP contribution is -2.41. The van der Waals surface area contributed by atoms with Gasteiger partial charge in [-0.15, -0.1) is 0 Å². The summed E-state index contributed by atoms with van der Waals surface area (Å²) in [5, 5.41) is 7.58. The first kappa shape index (κ1) is 13.9. The Bertz CT molecular complexity index is 559. The summed E-state index contributed by atoms with van der Waals surface area (Å²) in [6.45, 7) is 4.38. The van der Waals surface area contributed by atoms with Gasteiger partial charge in [0.2, 0.25) is 0 Å². The molecule has 3 rings (SSSR count). The number of aryl methyl sites for hydroxylation is 1. The summed E-state index contributed by atoms with van der Waals surface area (Å²) in [7, 11) is 0. The summed E-state index contributed by atoms with van der Waals surface area (Å²) in [6, 6.07) is 8.16. The van der Waals surface area contributed by atoms with Crippen LogP contribution >= 0.6 is 0 Å². The van der Waals surface area contributed by atoms with Gasteiger partial charge in [0, 0.05) is 19.1 Å². The quantitative estimate of drug-likeness (QED) is 0.872. The zero-order chi connectivity index (χ0) is 14.5. The maximum absolute atomic E-state index is 5.92. The van der Waals surface area contributed by atoms with Crippen LogP contribution in [-0.4, -0.2) is 40.1 Å². The van der Waals surface area contributed by atoms with Gasteiger partial charge < -0.3 is 14.8 Å².